The normalized spacial score (nSPS) is 25.5. The monoisotopic (exact) mass is 306 g/mol. The Bertz CT molecular complexity index is 606. The Labute approximate surface area is 128 Å². The van der Waals surface area contributed by atoms with Gasteiger partial charge >= 0.3 is 5.97 Å². The highest BCUT2D eigenvalue weighted by Crippen LogP contribution is 2.54. The van der Waals surface area contributed by atoms with E-state index >= 15 is 0 Å². The number of non-ortho nitro benzene ring substituents is 1. The number of esters is 1. The van der Waals surface area contributed by atoms with Crippen molar-refractivity contribution >= 4 is 17.3 Å². The molecule has 2 fully saturated rings. The SMILES string of the molecule is CCOC(=O)C1C2CN(c3ccc([N+](=O)[O-])cc3OC)CC21. The first-order valence-corrected chi connectivity index (χ1v) is 7.30. The summed E-state index contributed by atoms with van der Waals surface area (Å²) in [5, 5.41) is 10.8. The fraction of sp³-hybridized carbons (Fsp3) is 0.533. The van der Waals surface area contributed by atoms with Crippen LogP contribution < -0.4 is 9.64 Å². The summed E-state index contributed by atoms with van der Waals surface area (Å²) in [7, 11) is 1.50. The van der Waals surface area contributed by atoms with Crippen LogP contribution in [0.5, 0.6) is 5.75 Å². The summed E-state index contributed by atoms with van der Waals surface area (Å²) >= 11 is 0. The highest BCUT2D eigenvalue weighted by Gasteiger charge is 2.60. The molecule has 118 valence electrons. The number of piperidine rings is 1. The predicted molar refractivity (Wildman–Crippen MR) is 79.0 cm³/mol. The summed E-state index contributed by atoms with van der Waals surface area (Å²) in [6.07, 6.45) is 0. The smallest absolute Gasteiger partial charge is 0.309 e. The van der Waals surface area contributed by atoms with Crippen LogP contribution in [0.15, 0.2) is 18.2 Å². The molecular formula is C15H18N2O5. The molecule has 22 heavy (non-hydrogen) atoms. The average Bonchev–Trinajstić information content (AvgIpc) is 3.01. The molecule has 0 spiro atoms. The van der Waals surface area contributed by atoms with Gasteiger partial charge in [0.05, 0.1) is 36.3 Å². The van der Waals surface area contributed by atoms with E-state index in [-0.39, 0.29) is 17.6 Å². The minimum absolute atomic E-state index is 0.00866. The lowest BCUT2D eigenvalue weighted by Crippen LogP contribution is -2.27. The topological polar surface area (TPSA) is 81.9 Å². The molecule has 1 heterocycles. The van der Waals surface area contributed by atoms with Crippen molar-refractivity contribution in [3.05, 3.63) is 28.3 Å². The van der Waals surface area contributed by atoms with Crippen LogP contribution in [0.2, 0.25) is 0 Å². The molecule has 0 N–H and O–H groups in total. The number of nitrogens with zero attached hydrogens (tertiary/aromatic N) is 2. The molecular weight excluding hydrogens is 288 g/mol. The summed E-state index contributed by atoms with van der Waals surface area (Å²) in [6.45, 7) is 3.73. The van der Waals surface area contributed by atoms with Gasteiger partial charge in [-0.3, -0.25) is 14.9 Å². The second-order valence-corrected chi connectivity index (χ2v) is 5.62. The van der Waals surface area contributed by atoms with Gasteiger partial charge in [0.1, 0.15) is 5.75 Å². The zero-order chi connectivity index (χ0) is 15.9. The average molecular weight is 306 g/mol. The molecule has 1 aromatic rings. The van der Waals surface area contributed by atoms with E-state index in [1.54, 1.807) is 6.07 Å². The highest BCUT2D eigenvalue weighted by molar-refractivity contribution is 5.78. The van der Waals surface area contributed by atoms with Crippen LogP contribution in [-0.2, 0) is 9.53 Å². The Morgan fingerprint density at radius 1 is 1.41 bits per heavy atom. The number of carbonyl (C=O) groups excluding carboxylic acids is 1. The van der Waals surface area contributed by atoms with Crippen molar-refractivity contribution < 1.29 is 19.2 Å². The molecule has 1 aliphatic heterocycles. The quantitative estimate of drug-likeness (QED) is 0.469. The van der Waals surface area contributed by atoms with Gasteiger partial charge in [0.25, 0.3) is 5.69 Å². The fourth-order valence-corrected chi connectivity index (χ4v) is 3.35. The molecule has 2 aliphatic rings. The second kappa shape index (κ2) is 5.47. The number of methoxy groups -OCH3 is 1. The lowest BCUT2D eigenvalue weighted by atomic mass is 10.2. The number of anilines is 1. The second-order valence-electron chi connectivity index (χ2n) is 5.62. The number of fused-ring (bicyclic) bond motifs is 1. The molecule has 7 heteroatoms. The zero-order valence-corrected chi connectivity index (χ0v) is 12.5. The van der Waals surface area contributed by atoms with Crippen molar-refractivity contribution in [1.29, 1.82) is 0 Å². The standard InChI is InChI=1S/C15H18N2O5/c1-3-22-15(18)14-10-7-16(8-11(10)14)12-5-4-9(17(19)20)6-13(12)21-2/h4-6,10-11,14H,3,7-8H2,1-2H3. The molecule has 0 radical (unpaired) electrons. The van der Waals surface area contributed by atoms with E-state index in [4.69, 9.17) is 9.47 Å². The van der Waals surface area contributed by atoms with Gasteiger partial charge in [-0.15, -0.1) is 0 Å². The lowest BCUT2D eigenvalue weighted by molar-refractivity contribution is -0.384. The Morgan fingerprint density at radius 2 is 2.09 bits per heavy atom. The molecule has 1 saturated carbocycles. The van der Waals surface area contributed by atoms with Crippen LogP contribution >= 0.6 is 0 Å². The third-order valence-corrected chi connectivity index (χ3v) is 4.47. The van der Waals surface area contributed by atoms with E-state index in [1.165, 1.54) is 19.2 Å². The maximum atomic E-state index is 11.8. The van der Waals surface area contributed by atoms with Crippen molar-refractivity contribution in [1.82, 2.24) is 0 Å². The summed E-state index contributed by atoms with van der Waals surface area (Å²) < 4.78 is 10.3. The molecule has 2 unspecified atom stereocenters. The largest absolute Gasteiger partial charge is 0.494 e. The number of hydrogen-bond acceptors (Lipinski definition) is 6. The number of benzene rings is 1. The fourth-order valence-electron chi connectivity index (χ4n) is 3.35. The van der Waals surface area contributed by atoms with Crippen molar-refractivity contribution in [3.63, 3.8) is 0 Å². The van der Waals surface area contributed by atoms with Gasteiger partial charge in [0.2, 0.25) is 0 Å². The molecule has 7 nitrogen and oxygen atoms in total. The minimum atomic E-state index is -0.440. The maximum Gasteiger partial charge on any atom is 0.309 e. The van der Waals surface area contributed by atoms with Crippen LogP contribution in [0, 0.1) is 27.9 Å². The van der Waals surface area contributed by atoms with E-state index in [9.17, 15) is 14.9 Å². The summed E-state index contributed by atoms with van der Waals surface area (Å²) in [5.41, 5.74) is 0.845. The van der Waals surface area contributed by atoms with E-state index in [0.29, 0.717) is 24.2 Å². The number of carbonyl (C=O) groups is 1. The predicted octanol–water partition coefficient (Wildman–Crippen LogP) is 1.85. The van der Waals surface area contributed by atoms with E-state index in [0.717, 1.165) is 18.8 Å². The van der Waals surface area contributed by atoms with E-state index in [1.807, 2.05) is 6.92 Å². The third kappa shape index (κ3) is 2.36. The summed E-state index contributed by atoms with van der Waals surface area (Å²) in [6, 6.07) is 4.62. The molecule has 2 atom stereocenters. The Kier molecular flexibility index (Phi) is 3.64. The van der Waals surface area contributed by atoms with Gasteiger partial charge in [-0.25, -0.2) is 0 Å². The number of ether oxygens (including phenoxy) is 2. The first-order chi connectivity index (χ1) is 10.6. The molecule has 1 aromatic carbocycles. The lowest BCUT2D eigenvalue weighted by Gasteiger charge is -2.23. The first kappa shape index (κ1) is 14.6. The number of nitro groups is 1. The minimum Gasteiger partial charge on any atom is -0.494 e. The maximum absolute atomic E-state index is 11.8. The van der Waals surface area contributed by atoms with Gasteiger partial charge in [-0.2, -0.15) is 0 Å². The zero-order valence-electron chi connectivity index (χ0n) is 12.5. The summed E-state index contributed by atoms with van der Waals surface area (Å²) in [4.78, 5) is 24.3. The van der Waals surface area contributed by atoms with E-state index in [2.05, 4.69) is 4.90 Å². The van der Waals surface area contributed by atoms with Gasteiger partial charge in [-0.1, -0.05) is 0 Å². The van der Waals surface area contributed by atoms with E-state index < -0.39 is 4.92 Å². The number of nitro benzene ring substituents is 1. The Balaban J connectivity index is 1.71. The van der Waals surface area contributed by atoms with Crippen LogP contribution in [0.1, 0.15) is 6.92 Å². The molecule has 0 bridgehead atoms. The molecule has 1 saturated heterocycles. The first-order valence-electron chi connectivity index (χ1n) is 7.30. The van der Waals surface area contributed by atoms with Crippen molar-refractivity contribution in [2.45, 2.75) is 6.92 Å². The number of hydrogen-bond donors (Lipinski definition) is 0. The number of rotatable bonds is 5. The molecule has 0 amide bonds. The van der Waals surface area contributed by atoms with Crippen molar-refractivity contribution in [3.8, 4) is 5.75 Å². The van der Waals surface area contributed by atoms with Gasteiger partial charge < -0.3 is 14.4 Å². The van der Waals surface area contributed by atoms with Crippen LogP contribution in [0.4, 0.5) is 11.4 Å². The summed E-state index contributed by atoms with van der Waals surface area (Å²) in [5.74, 6) is 1.04. The van der Waals surface area contributed by atoms with Gasteiger partial charge in [-0.05, 0) is 24.8 Å². The van der Waals surface area contributed by atoms with Crippen LogP contribution in [0.3, 0.4) is 0 Å². The third-order valence-electron chi connectivity index (χ3n) is 4.47. The van der Waals surface area contributed by atoms with Crippen LogP contribution in [0.25, 0.3) is 0 Å². The van der Waals surface area contributed by atoms with Crippen LogP contribution in [-0.4, -0.2) is 37.7 Å². The molecule has 3 rings (SSSR count). The Hall–Kier alpha value is -2.31. The van der Waals surface area contributed by atoms with Crippen molar-refractivity contribution in [2.24, 2.45) is 17.8 Å². The Morgan fingerprint density at radius 3 is 2.64 bits per heavy atom. The van der Waals surface area contributed by atoms with Gasteiger partial charge in [0, 0.05) is 19.2 Å². The van der Waals surface area contributed by atoms with Gasteiger partial charge in [0.15, 0.2) is 0 Å². The highest BCUT2D eigenvalue weighted by atomic mass is 16.6. The molecule has 1 aliphatic carbocycles. The van der Waals surface area contributed by atoms with Crippen molar-refractivity contribution in [2.75, 3.05) is 31.7 Å². The molecule has 0 aromatic heterocycles.